The molecule has 4 aromatic carbocycles. The van der Waals surface area contributed by atoms with E-state index in [0.717, 1.165) is 33.4 Å². The third-order valence-corrected chi connectivity index (χ3v) is 10.6. The zero-order valence-electron chi connectivity index (χ0n) is 34.6. The van der Waals surface area contributed by atoms with Crippen molar-refractivity contribution >= 4 is 23.8 Å². The highest BCUT2D eigenvalue weighted by Gasteiger charge is 2.40. The van der Waals surface area contributed by atoms with E-state index in [-0.39, 0.29) is 43.9 Å². The van der Waals surface area contributed by atoms with Gasteiger partial charge in [-0.15, -0.1) is 0 Å². The standard InChI is InChI=1S/C47H58N4O7/c1-31(2)43(51-25-15-24-50(47(51)56)42(54)30-58-45-34(5)18-14-19-35(45)6)46(55)48-38(26-36-20-9-7-10-21-36)28-40(52)39(27-37-22-11-8-12-23-37)49-41(53)29-57-44-32(3)16-13-17-33(44)4/h7-14,16-23,31,38-40,43,52H,15,24-30H2,1-6H3,(H,48,55)(H,49,53)/t38-,39-,40?,43?/m0/s1. The SMILES string of the molecule is Cc1cccc(C)c1OCC(=O)N[C@@H](Cc1ccccc1)C(O)C[C@H](Cc1ccccc1)NC(=O)C(C(C)C)N1CCCN(C(=O)COc2c(C)cccc2C)C1=O. The van der Waals surface area contributed by atoms with Crippen LogP contribution in [0.15, 0.2) is 97.1 Å². The number of amides is 5. The molecule has 308 valence electrons. The molecule has 58 heavy (non-hydrogen) atoms. The zero-order chi connectivity index (χ0) is 41.8. The second kappa shape index (κ2) is 20.7. The van der Waals surface area contributed by atoms with Crippen molar-refractivity contribution in [3.8, 4) is 11.5 Å². The van der Waals surface area contributed by atoms with Crippen molar-refractivity contribution in [2.75, 3.05) is 26.3 Å². The first kappa shape index (κ1) is 43.4. The van der Waals surface area contributed by atoms with Crippen LogP contribution in [0.5, 0.6) is 11.5 Å². The van der Waals surface area contributed by atoms with Gasteiger partial charge in [0.05, 0.1) is 12.1 Å². The maximum atomic E-state index is 14.4. The van der Waals surface area contributed by atoms with Gasteiger partial charge in [0.15, 0.2) is 13.2 Å². The van der Waals surface area contributed by atoms with Crippen LogP contribution in [0.2, 0.25) is 0 Å². The van der Waals surface area contributed by atoms with Crippen molar-refractivity contribution in [2.24, 2.45) is 5.92 Å². The van der Waals surface area contributed by atoms with Crippen LogP contribution in [0.4, 0.5) is 4.79 Å². The third kappa shape index (κ3) is 11.7. The molecular weight excluding hydrogens is 733 g/mol. The van der Waals surface area contributed by atoms with E-state index in [1.807, 2.05) is 139 Å². The summed E-state index contributed by atoms with van der Waals surface area (Å²) < 4.78 is 11.8. The number of benzene rings is 4. The molecule has 0 spiro atoms. The molecule has 3 N–H and O–H groups in total. The minimum Gasteiger partial charge on any atom is -0.483 e. The number of aliphatic hydroxyl groups is 1. The quantitative estimate of drug-likeness (QED) is 0.108. The second-order valence-corrected chi connectivity index (χ2v) is 15.6. The molecule has 1 aliphatic rings. The van der Waals surface area contributed by atoms with Gasteiger partial charge in [-0.05, 0) is 92.7 Å². The lowest BCUT2D eigenvalue weighted by Gasteiger charge is -2.40. The van der Waals surface area contributed by atoms with Gasteiger partial charge in [0, 0.05) is 19.1 Å². The number of ether oxygens (including phenoxy) is 2. The van der Waals surface area contributed by atoms with E-state index in [9.17, 15) is 24.3 Å². The molecule has 5 amide bonds. The van der Waals surface area contributed by atoms with Crippen LogP contribution in [0.25, 0.3) is 0 Å². The number of imide groups is 1. The fraction of sp³-hybridized carbons (Fsp3) is 0.404. The summed E-state index contributed by atoms with van der Waals surface area (Å²) in [6, 6.07) is 28.0. The Morgan fingerprint density at radius 3 is 1.74 bits per heavy atom. The highest BCUT2D eigenvalue weighted by Crippen LogP contribution is 2.25. The van der Waals surface area contributed by atoms with Crippen LogP contribution in [0, 0.1) is 33.6 Å². The Hall–Kier alpha value is -5.68. The molecule has 1 fully saturated rings. The predicted molar refractivity (Wildman–Crippen MR) is 225 cm³/mol. The van der Waals surface area contributed by atoms with Crippen LogP contribution in [-0.4, -0.2) is 89.2 Å². The first-order valence-corrected chi connectivity index (χ1v) is 20.2. The molecule has 0 aliphatic carbocycles. The average molecular weight is 791 g/mol. The molecule has 5 rings (SSSR count). The number of carbonyl (C=O) groups is 4. The second-order valence-electron chi connectivity index (χ2n) is 15.6. The fourth-order valence-corrected chi connectivity index (χ4v) is 7.68. The normalized spacial score (nSPS) is 15.0. The fourth-order valence-electron chi connectivity index (χ4n) is 7.68. The maximum Gasteiger partial charge on any atom is 0.327 e. The van der Waals surface area contributed by atoms with Crippen molar-refractivity contribution < 1.29 is 33.8 Å². The molecule has 0 aromatic heterocycles. The molecule has 1 aliphatic heterocycles. The Morgan fingerprint density at radius 2 is 1.21 bits per heavy atom. The van der Waals surface area contributed by atoms with Crippen molar-refractivity contribution in [3.63, 3.8) is 0 Å². The molecule has 0 radical (unpaired) electrons. The topological polar surface area (TPSA) is 138 Å². The van der Waals surface area contributed by atoms with Gasteiger partial charge < -0.3 is 30.1 Å². The highest BCUT2D eigenvalue weighted by atomic mass is 16.5. The van der Waals surface area contributed by atoms with Crippen LogP contribution in [0.1, 0.15) is 60.1 Å². The smallest absolute Gasteiger partial charge is 0.327 e. The van der Waals surface area contributed by atoms with Crippen LogP contribution in [0.3, 0.4) is 0 Å². The number of nitrogens with zero attached hydrogens (tertiary/aromatic N) is 2. The Bertz CT molecular complexity index is 1960. The summed E-state index contributed by atoms with van der Waals surface area (Å²) in [4.78, 5) is 57.8. The number of hydrogen-bond donors (Lipinski definition) is 3. The Morgan fingerprint density at radius 1 is 0.690 bits per heavy atom. The van der Waals surface area contributed by atoms with Crippen molar-refractivity contribution in [3.05, 3.63) is 130 Å². The van der Waals surface area contributed by atoms with Crippen molar-refractivity contribution in [2.45, 2.75) is 91.5 Å². The van der Waals surface area contributed by atoms with Crippen LogP contribution in [-0.2, 0) is 27.2 Å². The van der Waals surface area contributed by atoms with E-state index < -0.39 is 36.2 Å². The molecule has 1 heterocycles. The number of carbonyl (C=O) groups excluding carboxylic acids is 4. The van der Waals surface area contributed by atoms with E-state index in [4.69, 9.17) is 9.47 Å². The molecule has 11 heteroatoms. The summed E-state index contributed by atoms with van der Waals surface area (Å²) in [7, 11) is 0. The minimum atomic E-state index is -1.07. The predicted octanol–water partition coefficient (Wildman–Crippen LogP) is 6.26. The van der Waals surface area contributed by atoms with E-state index in [1.165, 1.54) is 9.80 Å². The highest BCUT2D eigenvalue weighted by molar-refractivity contribution is 5.98. The van der Waals surface area contributed by atoms with Gasteiger partial charge in [0.1, 0.15) is 17.5 Å². The molecular formula is C47H58N4O7. The Labute approximate surface area is 342 Å². The molecule has 1 saturated heterocycles. The summed E-state index contributed by atoms with van der Waals surface area (Å²) in [5, 5.41) is 18.1. The number of hydrogen-bond acceptors (Lipinski definition) is 7. The molecule has 4 atom stereocenters. The molecule has 0 saturated carbocycles. The number of nitrogens with one attached hydrogen (secondary N) is 2. The molecule has 4 aromatic rings. The number of urea groups is 1. The van der Waals surface area contributed by atoms with Gasteiger partial charge in [-0.3, -0.25) is 19.3 Å². The van der Waals surface area contributed by atoms with Crippen molar-refractivity contribution in [1.29, 1.82) is 0 Å². The van der Waals surface area contributed by atoms with Gasteiger partial charge in [0.25, 0.3) is 11.8 Å². The lowest BCUT2D eigenvalue weighted by atomic mass is 9.92. The first-order valence-electron chi connectivity index (χ1n) is 20.2. The number of rotatable bonds is 18. The molecule has 0 bridgehead atoms. The maximum absolute atomic E-state index is 14.4. The van der Waals surface area contributed by atoms with E-state index >= 15 is 0 Å². The Balaban J connectivity index is 1.32. The third-order valence-electron chi connectivity index (χ3n) is 10.6. The van der Waals surface area contributed by atoms with E-state index in [1.54, 1.807) is 0 Å². The van der Waals surface area contributed by atoms with Gasteiger partial charge >= 0.3 is 6.03 Å². The van der Waals surface area contributed by atoms with Crippen LogP contribution >= 0.6 is 0 Å². The summed E-state index contributed by atoms with van der Waals surface area (Å²) >= 11 is 0. The summed E-state index contributed by atoms with van der Waals surface area (Å²) in [6.07, 6.45) is 0.270. The van der Waals surface area contributed by atoms with Gasteiger partial charge in [-0.1, -0.05) is 111 Å². The van der Waals surface area contributed by atoms with Gasteiger partial charge in [-0.25, -0.2) is 4.79 Å². The molecule has 11 nitrogen and oxygen atoms in total. The lowest BCUT2D eigenvalue weighted by Crippen LogP contribution is -2.61. The van der Waals surface area contributed by atoms with E-state index in [0.29, 0.717) is 37.3 Å². The average Bonchev–Trinajstić information content (AvgIpc) is 3.18. The Kier molecular flexibility index (Phi) is 15.5. The monoisotopic (exact) mass is 790 g/mol. The minimum absolute atomic E-state index is 0.106. The lowest BCUT2D eigenvalue weighted by molar-refractivity contribution is -0.134. The zero-order valence-corrected chi connectivity index (χ0v) is 34.6. The number of para-hydroxylation sites is 2. The summed E-state index contributed by atoms with van der Waals surface area (Å²) in [5.41, 5.74) is 5.49. The van der Waals surface area contributed by atoms with Gasteiger partial charge in [0.2, 0.25) is 5.91 Å². The molecule has 2 unspecified atom stereocenters. The van der Waals surface area contributed by atoms with Gasteiger partial charge in [-0.2, -0.15) is 0 Å². The first-order chi connectivity index (χ1) is 27.8. The number of aliphatic hydroxyl groups excluding tert-OH is 1. The van der Waals surface area contributed by atoms with Crippen molar-refractivity contribution in [1.82, 2.24) is 20.4 Å². The number of aryl methyl sites for hydroxylation is 4. The van der Waals surface area contributed by atoms with E-state index in [2.05, 4.69) is 10.6 Å². The van der Waals surface area contributed by atoms with Crippen LogP contribution < -0.4 is 20.1 Å². The largest absolute Gasteiger partial charge is 0.483 e. The summed E-state index contributed by atoms with van der Waals surface area (Å²) in [5.74, 6) is -0.282. The summed E-state index contributed by atoms with van der Waals surface area (Å²) in [6.45, 7) is 11.4.